The first-order chi connectivity index (χ1) is 10.1. The molecule has 2 fully saturated rings. The van der Waals surface area contributed by atoms with Crippen molar-refractivity contribution < 1.29 is 9.53 Å². The lowest BCUT2D eigenvalue weighted by molar-refractivity contribution is -0.150. The molecule has 2 atom stereocenters. The van der Waals surface area contributed by atoms with Crippen LogP contribution in [0.3, 0.4) is 0 Å². The lowest BCUT2D eigenvalue weighted by Gasteiger charge is -2.39. The predicted octanol–water partition coefficient (Wildman–Crippen LogP) is 3.15. The highest BCUT2D eigenvalue weighted by molar-refractivity contribution is 8.01. The van der Waals surface area contributed by atoms with Crippen molar-refractivity contribution in [3.05, 3.63) is 11.1 Å². The number of aryl methyl sites for hydroxylation is 1. The number of carbonyl (C=O) groups excluding carboxylic acids is 1. The van der Waals surface area contributed by atoms with Crippen molar-refractivity contribution in [2.45, 2.75) is 66.6 Å². The van der Waals surface area contributed by atoms with Gasteiger partial charge in [-0.15, -0.1) is 11.3 Å². The number of thiazole rings is 1. The minimum atomic E-state index is -0.474. The summed E-state index contributed by atoms with van der Waals surface area (Å²) >= 11 is 3.52. The summed E-state index contributed by atoms with van der Waals surface area (Å²) in [7, 11) is 1.50. The van der Waals surface area contributed by atoms with E-state index in [1.807, 2.05) is 18.7 Å². The lowest BCUT2D eigenvalue weighted by Crippen LogP contribution is -2.56. The molecule has 116 valence electrons. The van der Waals surface area contributed by atoms with Gasteiger partial charge in [0.25, 0.3) is 0 Å². The highest BCUT2D eigenvalue weighted by Gasteiger charge is 2.46. The van der Waals surface area contributed by atoms with Crippen molar-refractivity contribution in [3.63, 3.8) is 0 Å². The van der Waals surface area contributed by atoms with Gasteiger partial charge in [-0.05, 0) is 45.4 Å². The summed E-state index contributed by atoms with van der Waals surface area (Å²) < 4.78 is 6.22. The largest absolute Gasteiger partial charge is 0.468 e. The molecule has 0 aliphatic heterocycles. The molecule has 2 saturated carbocycles. The van der Waals surface area contributed by atoms with E-state index in [-0.39, 0.29) is 5.97 Å². The number of rotatable bonds is 5. The van der Waals surface area contributed by atoms with E-state index >= 15 is 0 Å². The Balaban J connectivity index is 1.70. The van der Waals surface area contributed by atoms with Crippen molar-refractivity contribution in [3.8, 4) is 0 Å². The third kappa shape index (κ3) is 3.60. The molecule has 0 saturated heterocycles. The number of methoxy groups -OCH3 is 1. The summed E-state index contributed by atoms with van der Waals surface area (Å²) in [5.74, 6) is -0.0879. The molecule has 3 rings (SSSR count). The van der Waals surface area contributed by atoms with E-state index in [1.54, 1.807) is 11.3 Å². The summed E-state index contributed by atoms with van der Waals surface area (Å²) in [6.45, 7) is 2.02. The normalized spacial score (nSPS) is 29.3. The molecule has 0 spiro atoms. The Bertz CT molecular complexity index is 516. The summed E-state index contributed by atoms with van der Waals surface area (Å²) in [5.41, 5.74) is 0.603. The minimum absolute atomic E-state index is 0.0879. The van der Waals surface area contributed by atoms with Crippen LogP contribution >= 0.6 is 23.1 Å². The minimum Gasteiger partial charge on any atom is -0.468 e. The molecule has 21 heavy (non-hydrogen) atoms. The van der Waals surface area contributed by atoms with Crippen molar-refractivity contribution in [1.82, 2.24) is 10.3 Å². The van der Waals surface area contributed by atoms with Gasteiger partial charge in [0, 0.05) is 22.4 Å². The molecule has 1 aromatic heterocycles. The van der Waals surface area contributed by atoms with Gasteiger partial charge in [0.15, 0.2) is 0 Å². The van der Waals surface area contributed by atoms with E-state index in [0.717, 1.165) is 35.7 Å². The smallest absolute Gasteiger partial charge is 0.326 e. The average Bonchev–Trinajstić information content (AvgIpc) is 3.19. The van der Waals surface area contributed by atoms with Gasteiger partial charge in [0.05, 0.1) is 7.11 Å². The standard InChI is InChI=1S/C15H22N2O2S2/c1-10-9-20-14(16-10)21-12-4-3-7-15(8-12,13(18)19-2)17-11-5-6-11/h9,11-12,17H,3-8H2,1-2H3. The first-order valence-corrected chi connectivity index (χ1v) is 9.32. The quantitative estimate of drug-likeness (QED) is 0.842. The van der Waals surface area contributed by atoms with Crippen molar-refractivity contribution in [2.75, 3.05) is 7.11 Å². The summed E-state index contributed by atoms with van der Waals surface area (Å²) in [6.07, 6.45) is 6.32. The Morgan fingerprint density at radius 3 is 2.95 bits per heavy atom. The Morgan fingerprint density at radius 1 is 1.52 bits per heavy atom. The molecular formula is C15H22N2O2S2. The number of nitrogens with zero attached hydrogens (tertiary/aromatic N) is 1. The number of aromatic nitrogens is 1. The maximum absolute atomic E-state index is 12.3. The maximum atomic E-state index is 12.3. The fraction of sp³-hybridized carbons (Fsp3) is 0.733. The van der Waals surface area contributed by atoms with Crippen molar-refractivity contribution in [1.29, 1.82) is 0 Å². The van der Waals surface area contributed by atoms with E-state index in [1.165, 1.54) is 20.0 Å². The second kappa shape index (κ2) is 6.26. The third-order valence-electron chi connectivity index (χ3n) is 4.21. The molecule has 1 heterocycles. The van der Waals surface area contributed by atoms with Gasteiger partial charge >= 0.3 is 5.97 Å². The Morgan fingerprint density at radius 2 is 2.33 bits per heavy atom. The Kier molecular flexibility index (Phi) is 4.57. The number of nitrogens with one attached hydrogen (secondary N) is 1. The summed E-state index contributed by atoms with van der Waals surface area (Å²) in [6, 6.07) is 0.509. The monoisotopic (exact) mass is 326 g/mol. The highest BCUT2D eigenvalue weighted by Crippen LogP contribution is 2.41. The first kappa shape index (κ1) is 15.3. The fourth-order valence-electron chi connectivity index (χ4n) is 3.04. The second-order valence-corrected chi connectivity index (χ2v) is 8.49. The van der Waals surface area contributed by atoms with Gasteiger partial charge in [-0.25, -0.2) is 4.98 Å². The molecule has 4 nitrogen and oxygen atoms in total. The topological polar surface area (TPSA) is 51.2 Å². The van der Waals surface area contributed by atoms with E-state index in [9.17, 15) is 4.79 Å². The zero-order valence-electron chi connectivity index (χ0n) is 12.6. The van der Waals surface area contributed by atoms with E-state index in [2.05, 4.69) is 15.7 Å². The second-order valence-electron chi connectivity index (χ2n) is 6.08. The molecule has 2 aliphatic rings. The predicted molar refractivity (Wildman–Crippen MR) is 85.9 cm³/mol. The highest BCUT2D eigenvalue weighted by atomic mass is 32.2. The third-order valence-corrected chi connectivity index (χ3v) is 6.56. The molecule has 0 radical (unpaired) electrons. The summed E-state index contributed by atoms with van der Waals surface area (Å²) in [5, 5.41) is 6.10. The van der Waals surface area contributed by atoms with Gasteiger partial charge in [-0.1, -0.05) is 11.8 Å². The SMILES string of the molecule is COC(=O)C1(NC2CC2)CCCC(Sc2nc(C)cs2)C1. The molecule has 0 aromatic carbocycles. The molecule has 6 heteroatoms. The van der Waals surface area contributed by atoms with Gasteiger partial charge in [-0.2, -0.15) is 0 Å². The molecule has 2 unspecified atom stereocenters. The maximum Gasteiger partial charge on any atom is 0.326 e. The lowest BCUT2D eigenvalue weighted by atomic mass is 9.81. The van der Waals surface area contributed by atoms with Gasteiger partial charge in [0.2, 0.25) is 0 Å². The van der Waals surface area contributed by atoms with Gasteiger partial charge in [-0.3, -0.25) is 10.1 Å². The number of hydrogen-bond donors (Lipinski definition) is 1. The number of esters is 1. The number of carbonyl (C=O) groups is 1. The number of thioether (sulfide) groups is 1. The van der Waals surface area contributed by atoms with Crippen molar-refractivity contribution >= 4 is 29.1 Å². The van der Waals surface area contributed by atoms with Crippen LogP contribution < -0.4 is 5.32 Å². The van der Waals surface area contributed by atoms with E-state index < -0.39 is 5.54 Å². The van der Waals surface area contributed by atoms with Crippen LogP contribution in [0.1, 0.15) is 44.2 Å². The van der Waals surface area contributed by atoms with Crippen LogP contribution in [-0.2, 0) is 9.53 Å². The molecule has 2 aliphatic carbocycles. The van der Waals surface area contributed by atoms with Crippen LogP contribution in [0, 0.1) is 6.92 Å². The van der Waals surface area contributed by atoms with Gasteiger partial charge < -0.3 is 4.74 Å². The molecule has 0 bridgehead atoms. The van der Waals surface area contributed by atoms with Crippen LogP contribution in [0.2, 0.25) is 0 Å². The van der Waals surface area contributed by atoms with Crippen LogP contribution in [0.4, 0.5) is 0 Å². The summed E-state index contributed by atoms with van der Waals surface area (Å²) in [4.78, 5) is 16.9. The zero-order valence-corrected chi connectivity index (χ0v) is 14.2. The first-order valence-electron chi connectivity index (χ1n) is 7.56. The van der Waals surface area contributed by atoms with Crippen LogP contribution in [0.25, 0.3) is 0 Å². The molecular weight excluding hydrogens is 304 g/mol. The Hall–Kier alpha value is -0.590. The average molecular weight is 326 g/mol. The van der Waals surface area contributed by atoms with Crippen LogP contribution in [0.5, 0.6) is 0 Å². The van der Waals surface area contributed by atoms with E-state index in [4.69, 9.17) is 4.74 Å². The van der Waals surface area contributed by atoms with E-state index in [0.29, 0.717) is 11.3 Å². The number of ether oxygens (including phenoxy) is 1. The van der Waals surface area contributed by atoms with Crippen LogP contribution in [-0.4, -0.2) is 34.9 Å². The van der Waals surface area contributed by atoms with Gasteiger partial charge in [0.1, 0.15) is 9.88 Å². The fourth-order valence-corrected chi connectivity index (χ4v) is 5.47. The van der Waals surface area contributed by atoms with Crippen molar-refractivity contribution in [2.24, 2.45) is 0 Å². The molecule has 0 amide bonds. The Labute approximate surface area is 134 Å². The molecule has 1 aromatic rings. The van der Waals surface area contributed by atoms with Crippen LogP contribution in [0.15, 0.2) is 9.72 Å². The molecule has 1 N–H and O–H groups in total. The number of hydrogen-bond acceptors (Lipinski definition) is 6. The zero-order chi connectivity index (χ0) is 14.9.